The molecule has 0 radical (unpaired) electrons. The average molecular weight is 1560 g/mol. The molecule has 0 aliphatic rings. The van der Waals surface area contributed by atoms with Gasteiger partial charge in [-0.05, 0) is 272 Å². The van der Waals surface area contributed by atoms with Gasteiger partial charge in [0.2, 0.25) is 0 Å². The van der Waals surface area contributed by atoms with Crippen LogP contribution in [0.4, 0.5) is 68.2 Å². The zero-order valence-corrected chi connectivity index (χ0v) is 66.4. The van der Waals surface area contributed by atoms with Crippen LogP contribution in [0, 0.1) is 0 Å². The van der Waals surface area contributed by atoms with Crippen LogP contribution in [-0.4, -0.2) is 0 Å². The van der Waals surface area contributed by atoms with Gasteiger partial charge < -0.3 is 19.6 Å². The topological polar surface area (TPSA) is 13.0 Å². The summed E-state index contributed by atoms with van der Waals surface area (Å²) in [5, 5.41) is 2.56. The third-order valence-corrected chi connectivity index (χ3v) is 26.3. The number of hydrogen-bond acceptors (Lipinski definition) is 8. The predicted molar refractivity (Wildman–Crippen MR) is 501 cm³/mol. The van der Waals surface area contributed by atoms with E-state index in [2.05, 4.69) is 469 Å². The highest BCUT2D eigenvalue weighted by Crippen LogP contribution is 2.47. The van der Waals surface area contributed by atoms with E-state index in [4.69, 9.17) is 0 Å². The maximum absolute atomic E-state index is 2.37. The van der Waals surface area contributed by atoms with Gasteiger partial charge in [-0.3, -0.25) is 0 Å². The van der Waals surface area contributed by atoms with Crippen molar-refractivity contribution in [2.24, 2.45) is 0 Å². The molecule has 0 amide bonds. The molecule has 4 heterocycles. The summed E-state index contributed by atoms with van der Waals surface area (Å²) in [4.78, 5) is 16.9. The van der Waals surface area contributed by atoms with Gasteiger partial charge >= 0.3 is 0 Å². The average Bonchev–Trinajstić information content (AvgIpc) is 1.46. The predicted octanol–water partition coefficient (Wildman–Crippen LogP) is 33.1. The third-order valence-electron chi connectivity index (χ3n) is 21.6. The summed E-state index contributed by atoms with van der Waals surface area (Å²) in [6.45, 7) is 0. The van der Waals surface area contributed by atoms with Gasteiger partial charge in [0.05, 0.1) is 0 Å². The molecule has 4 aromatic heterocycles. The van der Waals surface area contributed by atoms with Crippen molar-refractivity contribution >= 4 is 134 Å². The Morgan fingerprint density at radius 2 is 0.293 bits per heavy atom. The van der Waals surface area contributed by atoms with E-state index in [1.807, 2.05) is 45.3 Å². The first-order valence-electron chi connectivity index (χ1n) is 39.1. The number of rotatable bonds is 21. The molecule has 0 aliphatic heterocycles. The summed E-state index contributed by atoms with van der Waals surface area (Å²) in [5.74, 6) is 0. The second kappa shape index (κ2) is 31.9. The molecule has 0 spiro atoms. The molecule has 550 valence electrons. The van der Waals surface area contributed by atoms with Crippen LogP contribution in [0.15, 0.2) is 449 Å². The fraction of sp³-hybridized carbons (Fsp3) is 0. The van der Waals surface area contributed by atoms with Crippen LogP contribution >= 0.6 is 45.3 Å². The summed E-state index contributed by atoms with van der Waals surface area (Å²) < 4.78 is 2.60. The van der Waals surface area contributed by atoms with Crippen molar-refractivity contribution in [1.82, 2.24) is 0 Å². The molecular weight excluding hydrogens is 1480 g/mol. The number of nitrogens with zero attached hydrogens (tertiary/aromatic N) is 4. The molecule has 0 N–H and O–H groups in total. The van der Waals surface area contributed by atoms with Crippen LogP contribution in [-0.2, 0) is 0 Å². The van der Waals surface area contributed by atoms with Crippen LogP contribution < -0.4 is 19.6 Å². The minimum atomic E-state index is 1.06. The molecule has 0 saturated carbocycles. The van der Waals surface area contributed by atoms with E-state index in [1.165, 1.54) is 82.8 Å². The summed E-state index contributed by atoms with van der Waals surface area (Å²) in [6.07, 6.45) is 0. The Hall–Kier alpha value is -14.0. The second-order valence-corrected chi connectivity index (χ2v) is 33.2. The molecule has 20 aromatic rings. The van der Waals surface area contributed by atoms with E-state index in [0.29, 0.717) is 0 Å². The monoisotopic (exact) mass is 1550 g/mol. The van der Waals surface area contributed by atoms with Crippen molar-refractivity contribution < 1.29 is 0 Å². The number of fused-ring (bicyclic) bond motifs is 2. The van der Waals surface area contributed by atoms with E-state index in [0.717, 1.165) is 102 Å². The van der Waals surface area contributed by atoms with Gasteiger partial charge in [-0.1, -0.05) is 255 Å². The Kier molecular flexibility index (Phi) is 19.6. The van der Waals surface area contributed by atoms with Crippen LogP contribution in [0.2, 0.25) is 0 Å². The van der Waals surface area contributed by atoms with Gasteiger partial charge in [-0.15, -0.1) is 45.3 Å². The number of hydrogen-bond donors (Lipinski definition) is 0. The van der Waals surface area contributed by atoms with E-state index < -0.39 is 0 Å². The first-order valence-corrected chi connectivity index (χ1v) is 42.3. The van der Waals surface area contributed by atoms with E-state index >= 15 is 0 Å². The highest BCUT2D eigenvalue weighted by Gasteiger charge is 2.21. The highest BCUT2D eigenvalue weighted by molar-refractivity contribution is 7.22. The lowest BCUT2D eigenvalue weighted by Crippen LogP contribution is -2.10. The van der Waals surface area contributed by atoms with Crippen molar-refractivity contribution in [2.45, 2.75) is 0 Å². The third kappa shape index (κ3) is 14.7. The Morgan fingerprint density at radius 1 is 0.121 bits per heavy atom. The lowest BCUT2D eigenvalue weighted by molar-refractivity contribution is 1.28. The molecule has 0 fully saturated rings. The number of anilines is 12. The van der Waals surface area contributed by atoms with Gasteiger partial charge in [0, 0.05) is 107 Å². The summed E-state index contributed by atoms with van der Waals surface area (Å²) in [6, 6.07) is 164. The summed E-state index contributed by atoms with van der Waals surface area (Å²) in [5.41, 5.74) is 27.0. The lowest BCUT2D eigenvalue weighted by Gasteiger charge is -2.27. The summed E-state index contributed by atoms with van der Waals surface area (Å²) in [7, 11) is 0. The lowest BCUT2D eigenvalue weighted by atomic mass is 10.0. The van der Waals surface area contributed by atoms with Crippen LogP contribution in [0.25, 0.3) is 116 Å². The van der Waals surface area contributed by atoms with E-state index in [9.17, 15) is 0 Å². The van der Waals surface area contributed by atoms with Crippen LogP contribution in [0.5, 0.6) is 0 Å². The fourth-order valence-electron chi connectivity index (χ4n) is 15.6. The molecule has 0 atom stereocenters. The maximum Gasteiger partial charge on any atom is 0.0462 e. The fourth-order valence-corrected chi connectivity index (χ4v) is 19.8. The van der Waals surface area contributed by atoms with Gasteiger partial charge in [-0.25, -0.2) is 0 Å². The van der Waals surface area contributed by atoms with Gasteiger partial charge in [-0.2, -0.15) is 0 Å². The largest absolute Gasteiger partial charge is 0.311 e. The van der Waals surface area contributed by atoms with Crippen LogP contribution in [0.3, 0.4) is 0 Å². The molecule has 20 rings (SSSR count). The standard InChI is InChI=1S/C108H74N4S4/c1-5-17-81(18-6-1)103-69-71-105(113-103)83-41-61-99(62-42-83)111(93-53-33-77(34-54-93)75-29-49-91(50-30-75)109(89-23-9-3-10-24-89)97-65-45-85(46-66-97)107-73-87-21-13-15-27-101(87)115-107)95-57-37-79(38-58-95)80-39-59-96(60-40-80)112(100-63-43-84(44-64-100)106-72-70-104(114-106)82-19-7-2-8-20-82)94-55-35-78(36-56-94)76-31-51-92(52-32-76)110(90-25-11-4-12-26-90)98-67-47-86(48-68-98)108-74-88-22-14-16-28-102(88)116-108/h1-74H. The first-order chi connectivity index (χ1) is 57.4. The Balaban J connectivity index is 0.588. The van der Waals surface area contributed by atoms with Gasteiger partial charge in [0.15, 0.2) is 0 Å². The van der Waals surface area contributed by atoms with Crippen molar-refractivity contribution in [3.05, 3.63) is 449 Å². The quantitative estimate of drug-likeness (QED) is 0.0711. The maximum atomic E-state index is 2.37. The molecule has 0 bridgehead atoms. The number of thiophene rings is 4. The first kappa shape index (κ1) is 71.1. The zero-order chi connectivity index (χ0) is 77.1. The van der Waals surface area contributed by atoms with Crippen LogP contribution in [0.1, 0.15) is 0 Å². The molecule has 4 nitrogen and oxygen atoms in total. The van der Waals surface area contributed by atoms with Crippen molar-refractivity contribution in [1.29, 1.82) is 0 Å². The molecule has 16 aromatic carbocycles. The van der Waals surface area contributed by atoms with Crippen molar-refractivity contribution in [3.63, 3.8) is 0 Å². The molecule has 0 saturated heterocycles. The Labute approximate surface area is 692 Å². The zero-order valence-electron chi connectivity index (χ0n) is 63.1. The smallest absolute Gasteiger partial charge is 0.0462 e. The molecule has 8 heteroatoms. The molecular formula is C108H74N4S4. The number of para-hydroxylation sites is 2. The van der Waals surface area contributed by atoms with Gasteiger partial charge in [0.1, 0.15) is 0 Å². The molecule has 0 unspecified atom stereocenters. The summed E-state index contributed by atoms with van der Waals surface area (Å²) >= 11 is 7.32. The SMILES string of the molecule is c1ccc(-c2ccc(-c3ccc(N(c4ccc(-c5ccc(N(c6ccc(-c7ccc(N(c8ccccc8)c8ccc(-c9cc%10ccccc%10s9)cc8)cc7)cc6)c6ccc(-c7ccc(-c8ccccc8)s7)cc6)cc5)cc4)c4ccc(-c5ccc(N(c6ccccc6)c6ccc(-c7cc8ccccc8s7)cc6)cc5)cc4)cc3)s2)cc1. The molecule has 0 aliphatic carbocycles. The van der Waals surface area contributed by atoms with Crippen molar-refractivity contribution in [2.75, 3.05) is 19.6 Å². The van der Waals surface area contributed by atoms with E-state index in [-0.39, 0.29) is 0 Å². The normalized spacial score (nSPS) is 11.3. The second-order valence-electron chi connectivity index (χ2n) is 28.8. The van der Waals surface area contributed by atoms with E-state index in [1.54, 1.807) is 0 Å². The highest BCUT2D eigenvalue weighted by atomic mass is 32.1. The minimum absolute atomic E-state index is 1.06. The number of benzene rings is 16. The Bertz CT molecular complexity index is 6250. The van der Waals surface area contributed by atoms with Gasteiger partial charge in [0.25, 0.3) is 0 Å². The minimum Gasteiger partial charge on any atom is -0.311 e. The molecule has 116 heavy (non-hydrogen) atoms. The van der Waals surface area contributed by atoms with Crippen molar-refractivity contribution in [3.8, 4) is 96.0 Å². The Morgan fingerprint density at radius 3 is 0.517 bits per heavy atom.